The summed E-state index contributed by atoms with van der Waals surface area (Å²) >= 11 is 0. The van der Waals surface area contributed by atoms with Gasteiger partial charge in [-0.1, -0.05) is 18.2 Å². The van der Waals surface area contributed by atoms with Gasteiger partial charge < -0.3 is 14.6 Å². The summed E-state index contributed by atoms with van der Waals surface area (Å²) < 4.78 is 5.61. The maximum atomic E-state index is 13.2. The van der Waals surface area contributed by atoms with Gasteiger partial charge in [-0.15, -0.1) is 0 Å². The number of aryl methyl sites for hydroxylation is 2. The lowest BCUT2D eigenvalue weighted by Gasteiger charge is -2.21. The maximum Gasteiger partial charge on any atom is 0.255 e. The van der Waals surface area contributed by atoms with Crippen molar-refractivity contribution in [3.05, 3.63) is 59.0 Å². The minimum absolute atomic E-state index is 0.0964. The first-order chi connectivity index (χ1) is 13.0. The third-order valence-electron chi connectivity index (χ3n) is 5.25. The van der Waals surface area contributed by atoms with Gasteiger partial charge in [-0.3, -0.25) is 4.79 Å². The third-order valence-corrected chi connectivity index (χ3v) is 5.25. The van der Waals surface area contributed by atoms with E-state index in [1.165, 1.54) is 0 Å². The van der Waals surface area contributed by atoms with Crippen molar-refractivity contribution in [3.8, 4) is 0 Å². The van der Waals surface area contributed by atoms with Crippen LogP contribution in [0.3, 0.4) is 0 Å². The second kappa shape index (κ2) is 7.06. The number of hydrogen-bond donors (Lipinski definition) is 1. The monoisotopic (exact) mass is 363 g/mol. The maximum absolute atomic E-state index is 13.2. The van der Waals surface area contributed by atoms with Crippen molar-refractivity contribution in [2.75, 3.05) is 18.0 Å². The average Bonchev–Trinajstić information content (AvgIpc) is 3.30. The lowest BCUT2D eigenvalue weighted by Crippen LogP contribution is -2.30. The van der Waals surface area contributed by atoms with Crippen molar-refractivity contribution in [2.45, 2.75) is 39.7 Å². The fraction of sp³-hybridized carbons (Fsp3) is 0.364. The molecule has 2 aromatic heterocycles. The second-order valence-corrected chi connectivity index (χ2v) is 7.31. The molecule has 1 fully saturated rings. The summed E-state index contributed by atoms with van der Waals surface area (Å²) in [5.74, 6) is 2.39. The molecule has 3 aromatic rings. The number of anilines is 1. The van der Waals surface area contributed by atoms with Crippen molar-refractivity contribution in [1.29, 1.82) is 0 Å². The number of aromatic nitrogens is 1. The normalized spacial score (nSPS) is 15.3. The summed E-state index contributed by atoms with van der Waals surface area (Å²) in [6.07, 6.45) is 2.28. The van der Waals surface area contributed by atoms with Crippen molar-refractivity contribution in [2.24, 2.45) is 0 Å². The number of rotatable bonds is 4. The largest absolute Gasteiger partial charge is 0.466 e. The number of pyridine rings is 1. The number of nitrogens with one attached hydrogen (secondary N) is 1. The Bertz CT molecular complexity index is 986. The third kappa shape index (κ3) is 3.42. The van der Waals surface area contributed by atoms with Crippen molar-refractivity contribution in [1.82, 2.24) is 10.3 Å². The number of furan rings is 1. The molecular weight excluding hydrogens is 338 g/mol. The molecule has 5 heteroatoms. The highest BCUT2D eigenvalue weighted by atomic mass is 16.3. The quantitative estimate of drug-likeness (QED) is 0.739. The van der Waals surface area contributed by atoms with Crippen LogP contribution in [-0.4, -0.2) is 24.0 Å². The Balaban J connectivity index is 1.69. The van der Waals surface area contributed by atoms with E-state index in [2.05, 4.69) is 10.2 Å². The molecule has 0 spiro atoms. The Morgan fingerprint density at radius 1 is 1.19 bits per heavy atom. The first-order valence-corrected chi connectivity index (χ1v) is 9.55. The number of para-hydroxylation sites is 1. The smallest absolute Gasteiger partial charge is 0.255 e. The lowest BCUT2D eigenvalue weighted by atomic mass is 10.1. The number of fused-ring (bicyclic) bond motifs is 1. The van der Waals surface area contributed by atoms with Gasteiger partial charge in [0.1, 0.15) is 17.3 Å². The van der Waals surface area contributed by atoms with Crippen LogP contribution in [0, 0.1) is 13.8 Å². The zero-order valence-electron chi connectivity index (χ0n) is 16.1. The standard InChI is InChI=1S/C22H25N3O2/c1-14-12-18(16(3)27-14)15(2)23-22(26)19-13-17-8-4-5-9-20(17)24-21(19)25-10-6-7-11-25/h4-5,8-9,12-13,15H,6-7,10-11H2,1-3H3,(H,23,26). The predicted octanol–water partition coefficient (Wildman–Crippen LogP) is 4.54. The van der Waals surface area contributed by atoms with Gasteiger partial charge in [0.05, 0.1) is 17.1 Å². The summed E-state index contributed by atoms with van der Waals surface area (Å²) in [6.45, 7) is 7.73. The van der Waals surface area contributed by atoms with Gasteiger partial charge in [0.25, 0.3) is 5.91 Å². The first kappa shape index (κ1) is 17.6. The summed E-state index contributed by atoms with van der Waals surface area (Å²) in [5.41, 5.74) is 2.57. The Labute approximate surface area is 159 Å². The molecule has 140 valence electrons. The van der Waals surface area contributed by atoms with Gasteiger partial charge >= 0.3 is 0 Å². The molecule has 1 amide bonds. The van der Waals surface area contributed by atoms with E-state index in [1.54, 1.807) is 0 Å². The van der Waals surface area contributed by atoms with Gasteiger partial charge in [-0.25, -0.2) is 4.98 Å². The average molecular weight is 363 g/mol. The molecule has 0 aliphatic carbocycles. The zero-order chi connectivity index (χ0) is 19.0. The highest BCUT2D eigenvalue weighted by Crippen LogP contribution is 2.28. The molecule has 0 radical (unpaired) electrons. The van der Waals surface area contributed by atoms with Crippen LogP contribution in [0.1, 0.15) is 53.2 Å². The highest BCUT2D eigenvalue weighted by Gasteiger charge is 2.24. The van der Waals surface area contributed by atoms with Gasteiger partial charge in [0.2, 0.25) is 0 Å². The number of carbonyl (C=O) groups excluding carboxylic acids is 1. The van der Waals surface area contributed by atoms with Gasteiger partial charge in [0.15, 0.2) is 0 Å². The zero-order valence-corrected chi connectivity index (χ0v) is 16.1. The molecule has 1 aliphatic heterocycles. The molecule has 1 unspecified atom stereocenters. The molecule has 1 N–H and O–H groups in total. The molecule has 5 nitrogen and oxygen atoms in total. The summed E-state index contributed by atoms with van der Waals surface area (Å²) in [4.78, 5) is 20.2. The highest BCUT2D eigenvalue weighted by molar-refractivity contribution is 6.02. The fourth-order valence-electron chi connectivity index (χ4n) is 3.88. The number of carbonyl (C=O) groups is 1. The van der Waals surface area contributed by atoms with Gasteiger partial charge in [-0.2, -0.15) is 0 Å². The summed E-state index contributed by atoms with van der Waals surface area (Å²) in [7, 11) is 0. The van der Waals surface area contributed by atoms with Crippen LogP contribution >= 0.6 is 0 Å². The van der Waals surface area contributed by atoms with Crippen molar-refractivity contribution < 1.29 is 9.21 Å². The first-order valence-electron chi connectivity index (χ1n) is 9.55. The molecule has 27 heavy (non-hydrogen) atoms. The van der Waals surface area contributed by atoms with Crippen LogP contribution < -0.4 is 10.2 Å². The minimum Gasteiger partial charge on any atom is -0.466 e. The topological polar surface area (TPSA) is 58.4 Å². The summed E-state index contributed by atoms with van der Waals surface area (Å²) in [5, 5.41) is 4.11. The van der Waals surface area contributed by atoms with E-state index in [0.717, 1.165) is 59.7 Å². The minimum atomic E-state index is -0.132. The molecule has 3 heterocycles. The molecule has 1 aromatic carbocycles. The molecular formula is C22H25N3O2. The number of hydrogen-bond acceptors (Lipinski definition) is 4. The van der Waals surface area contributed by atoms with E-state index in [-0.39, 0.29) is 11.9 Å². The van der Waals surface area contributed by atoms with E-state index in [4.69, 9.17) is 9.40 Å². The van der Waals surface area contributed by atoms with Crippen LogP contribution in [-0.2, 0) is 0 Å². The molecule has 0 saturated carbocycles. The molecule has 1 aliphatic rings. The lowest BCUT2D eigenvalue weighted by molar-refractivity contribution is 0.0940. The van der Waals surface area contributed by atoms with E-state index in [9.17, 15) is 4.79 Å². The Kier molecular flexibility index (Phi) is 4.60. The number of nitrogens with zero attached hydrogens (tertiary/aromatic N) is 2. The Morgan fingerprint density at radius 3 is 2.63 bits per heavy atom. The molecule has 0 bridgehead atoms. The second-order valence-electron chi connectivity index (χ2n) is 7.31. The Hall–Kier alpha value is -2.82. The van der Waals surface area contributed by atoms with E-state index < -0.39 is 0 Å². The molecule has 1 saturated heterocycles. The van der Waals surface area contributed by atoms with Gasteiger partial charge in [-0.05, 0) is 51.8 Å². The van der Waals surface area contributed by atoms with Gasteiger partial charge in [0, 0.05) is 24.0 Å². The van der Waals surface area contributed by atoms with Crippen molar-refractivity contribution >= 4 is 22.6 Å². The van der Waals surface area contributed by atoms with Crippen LogP contribution in [0.15, 0.2) is 40.8 Å². The fourth-order valence-corrected chi connectivity index (χ4v) is 3.88. The summed E-state index contributed by atoms with van der Waals surface area (Å²) in [6, 6.07) is 11.8. The van der Waals surface area contributed by atoms with E-state index in [1.807, 2.05) is 57.2 Å². The Morgan fingerprint density at radius 2 is 1.93 bits per heavy atom. The van der Waals surface area contributed by atoms with Crippen LogP contribution in [0.2, 0.25) is 0 Å². The van der Waals surface area contributed by atoms with Crippen LogP contribution in [0.25, 0.3) is 10.9 Å². The van der Waals surface area contributed by atoms with Crippen LogP contribution in [0.4, 0.5) is 5.82 Å². The van der Waals surface area contributed by atoms with E-state index in [0.29, 0.717) is 5.56 Å². The SMILES string of the molecule is Cc1cc(C(C)NC(=O)c2cc3ccccc3nc2N2CCCC2)c(C)o1. The number of benzene rings is 1. The predicted molar refractivity (Wildman–Crippen MR) is 107 cm³/mol. The molecule has 4 rings (SSSR count). The van der Waals surface area contributed by atoms with Crippen molar-refractivity contribution in [3.63, 3.8) is 0 Å². The number of amides is 1. The van der Waals surface area contributed by atoms with E-state index >= 15 is 0 Å². The molecule has 1 atom stereocenters. The van der Waals surface area contributed by atoms with Crippen LogP contribution in [0.5, 0.6) is 0 Å².